The van der Waals surface area contributed by atoms with Crippen molar-refractivity contribution in [2.75, 3.05) is 11.8 Å². The zero-order chi connectivity index (χ0) is 13.2. The molecular weight excluding hydrogens is 302 g/mol. The average Bonchev–Trinajstić information content (AvgIpc) is 2.97. The lowest BCUT2D eigenvalue weighted by molar-refractivity contribution is 0.0590. The summed E-state index contributed by atoms with van der Waals surface area (Å²) in [6.07, 6.45) is 0. The number of sulfonamides is 1. The van der Waals surface area contributed by atoms with E-state index in [-0.39, 0.29) is 15.0 Å². The molecule has 0 atom stereocenters. The van der Waals surface area contributed by atoms with E-state index in [1.54, 1.807) is 0 Å². The van der Waals surface area contributed by atoms with E-state index in [2.05, 4.69) is 29.2 Å². The summed E-state index contributed by atoms with van der Waals surface area (Å²) < 4.78 is 33.7. The van der Waals surface area contributed by atoms with Gasteiger partial charge in [0, 0.05) is 11.5 Å². The quantitative estimate of drug-likeness (QED) is 0.781. The largest absolute Gasteiger partial charge is 0.464 e. The fraction of sp³-hybridized carbons (Fsp3) is 0.167. The minimum Gasteiger partial charge on any atom is -0.464 e. The normalized spacial score (nSPS) is 11.2. The maximum atomic E-state index is 12.0. The molecule has 2 aromatic rings. The number of nitrogens with zero attached hydrogens (tertiary/aromatic N) is 4. The first-order valence-electron chi connectivity index (χ1n) is 4.24. The number of thiazole rings is 1. The van der Waals surface area contributed by atoms with E-state index in [1.165, 1.54) is 5.51 Å². The van der Waals surface area contributed by atoms with Crippen molar-refractivity contribution in [3.63, 3.8) is 0 Å². The molecule has 0 amide bonds. The smallest absolute Gasteiger partial charge is 0.358 e. The van der Waals surface area contributed by atoms with Crippen molar-refractivity contribution in [1.82, 2.24) is 19.8 Å². The zero-order valence-electron chi connectivity index (χ0n) is 8.72. The molecule has 0 spiro atoms. The summed E-state index contributed by atoms with van der Waals surface area (Å²) in [5.74, 6) is -0.827. The maximum Gasteiger partial charge on any atom is 0.358 e. The van der Waals surface area contributed by atoms with Crippen molar-refractivity contribution >= 4 is 44.0 Å². The highest BCUT2D eigenvalue weighted by molar-refractivity contribution is 7.94. The fourth-order valence-electron chi connectivity index (χ4n) is 0.993. The van der Waals surface area contributed by atoms with E-state index >= 15 is 0 Å². The summed E-state index contributed by atoms with van der Waals surface area (Å²) in [5.41, 5.74) is 0.964. The Hall–Kier alpha value is -1.66. The Bertz CT molecular complexity index is 649. The van der Waals surface area contributed by atoms with Crippen LogP contribution in [0, 0.1) is 0 Å². The molecule has 0 aliphatic heterocycles. The van der Waals surface area contributed by atoms with Gasteiger partial charge in [-0.05, 0) is 5.21 Å². The van der Waals surface area contributed by atoms with Gasteiger partial charge in [-0.15, -0.1) is 11.3 Å². The first-order valence-corrected chi connectivity index (χ1v) is 7.38. The third-order valence-electron chi connectivity index (χ3n) is 1.68. The number of hydrogen-bond donors (Lipinski definition) is 1. The minimum absolute atomic E-state index is 0.000726. The first-order chi connectivity index (χ1) is 8.54. The summed E-state index contributed by atoms with van der Waals surface area (Å²) in [5, 5.41) is 6.69. The Morgan fingerprint density at radius 2 is 2.28 bits per heavy atom. The molecule has 1 N–H and O–H groups in total. The monoisotopic (exact) mass is 307 g/mol. The summed E-state index contributed by atoms with van der Waals surface area (Å²) in [4.78, 5) is 15.0. The molecule has 0 aromatic carbocycles. The molecule has 0 aliphatic carbocycles. The maximum absolute atomic E-state index is 12.0. The van der Waals surface area contributed by atoms with Crippen molar-refractivity contribution in [3.8, 4) is 0 Å². The van der Waals surface area contributed by atoms with Gasteiger partial charge in [-0.1, -0.05) is 9.59 Å². The van der Waals surface area contributed by atoms with Gasteiger partial charge >= 0.3 is 5.97 Å². The highest BCUT2D eigenvalue weighted by Crippen LogP contribution is 2.23. The van der Waals surface area contributed by atoms with Gasteiger partial charge in [0.2, 0.25) is 5.13 Å². The van der Waals surface area contributed by atoms with Crippen LogP contribution in [0.2, 0.25) is 0 Å². The van der Waals surface area contributed by atoms with Crippen molar-refractivity contribution < 1.29 is 17.9 Å². The molecule has 2 aromatic heterocycles. The zero-order valence-corrected chi connectivity index (χ0v) is 11.2. The predicted molar refractivity (Wildman–Crippen MR) is 62.0 cm³/mol. The Morgan fingerprint density at radius 3 is 2.89 bits per heavy atom. The second-order valence-electron chi connectivity index (χ2n) is 2.75. The molecule has 9 nitrogen and oxygen atoms in total. The molecule has 0 saturated heterocycles. The van der Waals surface area contributed by atoms with Crippen LogP contribution in [0.5, 0.6) is 0 Å². The van der Waals surface area contributed by atoms with Crippen LogP contribution in [0.4, 0.5) is 5.13 Å². The average molecular weight is 307 g/mol. The summed E-state index contributed by atoms with van der Waals surface area (Å²) in [7, 11) is -2.81. The molecule has 2 rings (SSSR count). The van der Waals surface area contributed by atoms with Crippen molar-refractivity contribution in [2.45, 2.75) is 4.21 Å². The van der Waals surface area contributed by atoms with Gasteiger partial charge in [0.15, 0.2) is 9.90 Å². The molecule has 0 fully saturated rings. The summed E-state index contributed by atoms with van der Waals surface area (Å²) in [6.45, 7) is 0. The molecular formula is C6H5N5O4S3. The van der Waals surface area contributed by atoms with Gasteiger partial charge in [-0.25, -0.2) is 18.2 Å². The SMILES string of the molecule is COC(=O)c1ncsc1S(=O)(=O)Nc1nnns1. The highest BCUT2D eigenvalue weighted by atomic mass is 32.2. The Kier molecular flexibility index (Phi) is 3.49. The summed E-state index contributed by atoms with van der Waals surface area (Å²) >= 11 is 1.57. The second kappa shape index (κ2) is 4.91. The predicted octanol–water partition coefficient (Wildman–Crippen LogP) is -0.0230. The van der Waals surface area contributed by atoms with E-state index in [1.807, 2.05) is 0 Å². The molecule has 18 heavy (non-hydrogen) atoms. The van der Waals surface area contributed by atoms with E-state index in [0.29, 0.717) is 0 Å². The Labute approximate surface area is 109 Å². The van der Waals surface area contributed by atoms with E-state index in [0.717, 1.165) is 30.0 Å². The number of aromatic nitrogens is 4. The number of hydrogen-bond acceptors (Lipinski definition) is 10. The van der Waals surface area contributed by atoms with Crippen molar-refractivity contribution in [1.29, 1.82) is 0 Å². The van der Waals surface area contributed by atoms with Crippen molar-refractivity contribution in [2.24, 2.45) is 0 Å². The summed E-state index contributed by atoms with van der Waals surface area (Å²) in [6, 6.07) is 0. The van der Waals surface area contributed by atoms with Crippen molar-refractivity contribution in [3.05, 3.63) is 11.2 Å². The van der Waals surface area contributed by atoms with Crippen LogP contribution < -0.4 is 4.72 Å². The lowest BCUT2D eigenvalue weighted by Gasteiger charge is -2.02. The third kappa shape index (κ3) is 2.44. The third-order valence-corrected chi connectivity index (χ3v) is 5.03. The number of carbonyl (C=O) groups is 1. The van der Waals surface area contributed by atoms with Crippen LogP contribution in [0.1, 0.15) is 10.5 Å². The number of nitrogens with one attached hydrogen (secondary N) is 1. The van der Waals surface area contributed by atoms with E-state index in [9.17, 15) is 13.2 Å². The van der Waals surface area contributed by atoms with Gasteiger partial charge in [0.1, 0.15) is 0 Å². The fourth-order valence-corrected chi connectivity index (χ4v) is 3.71. The number of rotatable bonds is 4. The van der Waals surface area contributed by atoms with Crippen LogP contribution >= 0.6 is 22.9 Å². The lowest BCUT2D eigenvalue weighted by atomic mass is 10.5. The van der Waals surface area contributed by atoms with Gasteiger partial charge in [0.25, 0.3) is 10.0 Å². The van der Waals surface area contributed by atoms with Gasteiger partial charge < -0.3 is 4.74 Å². The molecule has 96 valence electrons. The van der Waals surface area contributed by atoms with Crippen LogP contribution in [-0.4, -0.2) is 41.3 Å². The molecule has 0 bridgehead atoms. The Balaban J connectivity index is 2.36. The van der Waals surface area contributed by atoms with Gasteiger partial charge in [-0.2, -0.15) is 0 Å². The Morgan fingerprint density at radius 1 is 1.50 bits per heavy atom. The molecule has 0 radical (unpaired) electrons. The van der Waals surface area contributed by atoms with Crippen LogP contribution in [-0.2, 0) is 14.8 Å². The topological polar surface area (TPSA) is 124 Å². The molecule has 12 heteroatoms. The second-order valence-corrected chi connectivity index (χ2v) is 6.22. The van der Waals surface area contributed by atoms with Crippen LogP contribution in [0.25, 0.3) is 0 Å². The van der Waals surface area contributed by atoms with Gasteiger partial charge in [-0.3, -0.25) is 4.72 Å². The number of carbonyl (C=O) groups excluding carboxylic acids is 1. The molecule has 0 saturated carbocycles. The van der Waals surface area contributed by atoms with Crippen LogP contribution in [0.3, 0.4) is 0 Å². The number of anilines is 1. The highest BCUT2D eigenvalue weighted by Gasteiger charge is 2.27. The van der Waals surface area contributed by atoms with Gasteiger partial charge in [0.05, 0.1) is 12.6 Å². The molecule has 2 heterocycles. The number of esters is 1. The van der Waals surface area contributed by atoms with E-state index in [4.69, 9.17) is 0 Å². The standard InChI is InChI=1S/C6H5N5O4S3/c1-15-4(12)3-5(16-2-7-3)18(13,14)9-6-8-10-11-17-6/h2H,1H3,(H,8,9,11). The number of ether oxygens (including phenoxy) is 1. The van der Waals surface area contributed by atoms with Crippen LogP contribution in [0.15, 0.2) is 9.72 Å². The van der Waals surface area contributed by atoms with E-state index < -0.39 is 16.0 Å². The first kappa shape index (κ1) is 12.8. The molecule has 0 unspecified atom stereocenters. The number of methoxy groups -OCH3 is 1. The molecule has 0 aliphatic rings. The lowest BCUT2D eigenvalue weighted by Crippen LogP contribution is -2.16. The minimum atomic E-state index is -3.95.